The fourth-order valence-corrected chi connectivity index (χ4v) is 9.48. The third-order valence-corrected chi connectivity index (χ3v) is 11.9. The maximum Gasteiger partial charge on any atom is 0.0541 e. The highest BCUT2D eigenvalue weighted by molar-refractivity contribution is 6.26. The van der Waals surface area contributed by atoms with Gasteiger partial charge in [-0.05, 0) is 92.0 Å². The van der Waals surface area contributed by atoms with Gasteiger partial charge in [0.05, 0.1) is 33.4 Å². The van der Waals surface area contributed by atoms with E-state index in [0.717, 1.165) is 0 Å². The lowest BCUT2D eigenvalue weighted by molar-refractivity contribution is 1.18. The maximum atomic E-state index is 2.43. The number of nitrogens with zero attached hydrogens (tertiary/aromatic N) is 2. The first-order valence-corrected chi connectivity index (χ1v) is 19.4. The van der Waals surface area contributed by atoms with Gasteiger partial charge in [-0.3, -0.25) is 0 Å². The van der Waals surface area contributed by atoms with Crippen LogP contribution in [0.2, 0.25) is 0 Å². The van der Waals surface area contributed by atoms with Crippen molar-refractivity contribution < 1.29 is 0 Å². The molecule has 0 N–H and O–H groups in total. The van der Waals surface area contributed by atoms with Crippen LogP contribution < -0.4 is 0 Å². The van der Waals surface area contributed by atoms with Crippen LogP contribution in [-0.2, 0) is 0 Å². The minimum Gasteiger partial charge on any atom is -0.309 e. The standard InChI is InChI=1S/C54H34N2/c1-2-18-40-39(17-1)47-33-35(37-15-3-9-23-49(37)55-51-25-11-5-19-43(51)44-20-6-12-26-52(44)55)29-31-41(47)42-32-30-36(34-48(40)42)38-16-4-10-24-50(38)56-53-27-13-7-21-45(53)46-22-8-14-28-54(46)56/h1-34H. The van der Waals surface area contributed by atoms with Crippen LogP contribution in [-0.4, -0.2) is 9.13 Å². The smallest absolute Gasteiger partial charge is 0.0541 e. The van der Waals surface area contributed by atoms with Crippen molar-refractivity contribution in [3.63, 3.8) is 0 Å². The second kappa shape index (κ2) is 12.0. The summed E-state index contributed by atoms with van der Waals surface area (Å²) < 4.78 is 4.86. The van der Waals surface area contributed by atoms with Gasteiger partial charge in [0, 0.05) is 32.7 Å². The second-order valence-electron chi connectivity index (χ2n) is 14.8. The van der Waals surface area contributed by atoms with E-state index < -0.39 is 0 Å². The number of aromatic nitrogens is 2. The molecular weight excluding hydrogens is 677 g/mol. The SMILES string of the molecule is c1ccc(-n2c3ccccc3c3ccccc32)c(-c2ccc3c4ccc(-c5ccccc5-n5c6ccccc6c6ccccc65)cc4c4ccccc4c3c2)c1. The van der Waals surface area contributed by atoms with Crippen molar-refractivity contribution in [2.75, 3.05) is 0 Å². The zero-order valence-corrected chi connectivity index (χ0v) is 30.5. The number of benzene rings is 10. The van der Waals surface area contributed by atoms with Crippen molar-refractivity contribution in [3.05, 3.63) is 206 Å². The molecule has 0 aliphatic rings. The Balaban J connectivity index is 1.06. The van der Waals surface area contributed by atoms with Gasteiger partial charge in [-0.1, -0.05) is 158 Å². The Morgan fingerprint density at radius 3 is 0.875 bits per heavy atom. The number of hydrogen-bond acceptors (Lipinski definition) is 0. The quantitative estimate of drug-likeness (QED) is 0.161. The van der Waals surface area contributed by atoms with E-state index in [9.17, 15) is 0 Å². The van der Waals surface area contributed by atoms with Gasteiger partial charge in [0.1, 0.15) is 0 Å². The van der Waals surface area contributed by atoms with Crippen LogP contribution in [0.15, 0.2) is 206 Å². The van der Waals surface area contributed by atoms with Gasteiger partial charge >= 0.3 is 0 Å². The number of hydrogen-bond donors (Lipinski definition) is 0. The molecular formula is C54H34N2. The molecule has 0 amide bonds. The van der Waals surface area contributed by atoms with E-state index in [1.54, 1.807) is 0 Å². The maximum absolute atomic E-state index is 2.43. The topological polar surface area (TPSA) is 9.86 Å². The molecule has 0 atom stereocenters. The van der Waals surface area contributed by atoms with E-state index in [1.807, 2.05) is 0 Å². The highest BCUT2D eigenvalue weighted by atomic mass is 15.0. The summed E-state index contributed by atoms with van der Waals surface area (Å²) in [7, 11) is 0. The Morgan fingerprint density at radius 2 is 0.500 bits per heavy atom. The number of rotatable bonds is 4. The summed E-state index contributed by atoms with van der Waals surface area (Å²) in [6.07, 6.45) is 0. The van der Waals surface area contributed by atoms with Crippen molar-refractivity contribution >= 4 is 75.9 Å². The van der Waals surface area contributed by atoms with Gasteiger partial charge in [0.25, 0.3) is 0 Å². The van der Waals surface area contributed by atoms with Crippen LogP contribution >= 0.6 is 0 Å². The lowest BCUT2D eigenvalue weighted by Gasteiger charge is -2.17. The molecule has 2 aromatic heterocycles. The summed E-state index contributed by atoms with van der Waals surface area (Å²) in [5.41, 5.74) is 12.1. The Hall–Kier alpha value is -7.42. The Kier molecular flexibility index (Phi) is 6.66. The fraction of sp³-hybridized carbons (Fsp3) is 0. The number of para-hydroxylation sites is 6. The molecule has 2 heterocycles. The first kappa shape index (κ1) is 31.0. The number of fused-ring (bicyclic) bond motifs is 12. The van der Waals surface area contributed by atoms with Crippen LogP contribution in [0.5, 0.6) is 0 Å². The molecule has 10 aromatic carbocycles. The molecule has 0 aliphatic heterocycles. The van der Waals surface area contributed by atoms with E-state index in [-0.39, 0.29) is 0 Å². The van der Waals surface area contributed by atoms with Crippen molar-refractivity contribution in [2.24, 2.45) is 0 Å². The molecule has 0 aliphatic carbocycles. The van der Waals surface area contributed by atoms with Gasteiger partial charge in [-0.25, -0.2) is 0 Å². The Morgan fingerprint density at radius 1 is 0.214 bits per heavy atom. The van der Waals surface area contributed by atoms with Gasteiger partial charge in [0.15, 0.2) is 0 Å². The molecule has 12 rings (SSSR count). The first-order valence-electron chi connectivity index (χ1n) is 19.4. The highest BCUT2D eigenvalue weighted by Crippen LogP contribution is 2.42. The summed E-state index contributed by atoms with van der Waals surface area (Å²) in [6.45, 7) is 0. The van der Waals surface area contributed by atoms with Gasteiger partial charge < -0.3 is 9.13 Å². The molecule has 2 heteroatoms. The first-order chi connectivity index (χ1) is 27.8. The molecule has 260 valence electrons. The molecule has 56 heavy (non-hydrogen) atoms. The van der Waals surface area contributed by atoms with Crippen LogP contribution in [0, 0.1) is 0 Å². The summed E-state index contributed by atoms with van der Waals surface area (Å²) in [5.74, 6) is 0. The van der Waals surface area contributed by atoms with Crippen molar-refractivity contribution in [1.82, 2.24) is 9.13 Å². The lowest BCUT2D eigenvalue weighted by atomic mass is 9.90. The summed E-state index contributed by atoms with van der Waals surface area (Å²) >= 11 is 0. The molecule has 0 spiro atoms. The van der Waals surface area contributed by atoms with Crippen LogP contribution in [0.25, 0.3) is 110 Å². The minimum atomic E-state index is 1.18. The van der Waals surface area contributed by atoms with E-state index in [2.05, 4.69) is 215 Å². The van der Waals surface area contributed by atoms with E-state index in [1.165, 1.54) is 110 Å². The average Bonchev–Trinajstić information content (AvgIpc) is 3.79. The lowest BCUT2D eigenvalue weighted by Crippen LogP contribution is -1.97. The summed E-state index contributed by atoms with van der Waals surface area (Å²) in [6, 6.07) is 75.8. The summed E-state index contributed by atoms with van der Waals surface area (Å²) in [5, 5.41) is 12.7. The highest BCUT2D eigenvalue weighted by Gasteiger charge is 2.19. The molecule has 2 nitrogen and oxygen atoms in total. The second-order valence-corrected chi connectivity index (χ2v) is 14.8. The third kappa shape index (κ3) is 4.44. The molecule has 0 saturated carbocycles. The zero-order chi connectivity index (χ0) is 36.7. The van der Waals surface area contributed by atoms with E-state index in [4.69, 9.17) is 0 Å². The van der Waals surface area contributed by atoms with E-state index in [0.29, 0.717) is 0 Å². The minimum absolute atomic E-state index is 1.18. The molecule has 0 fully saturated rings. The molecule has 0 bridgehead atoms. The predicted octanol–water partition coefficient (Wildman–Crippen LogP) is 14.7. The van der Waals surface area contributed by atoms with Crippen molar-refractivity contribution in [2.45, 2.75) is 0 Å². The largest absolute Gasteiger partial charge is 0.309 e. The van der Waals surface area contributed by atoms with E-state index >= 15 is 0 Å². The fourth-order valence-electron chi connectivity index (χ4n) is 9.48. The van der Waals surface area contributed by atoms with Gasteiger partial charge in [-0.15, -0.1) is 0 Å². The van der Waals surface area contributed by atoms with Crippen LogP contribution in [0.3, 0.4) is 0 Å². The molecule has 0 saturated heterocycles. The van der Waals surface area contributed by atoms with Crippen LogP contribution in [0.1, 0.15) is 0 Å². The molecule has 0 radical (unpaired) electrons. The molecule has 0 unspecified atom stereocenters. The average molecular weight is 711 g/mol. The third-order valence-electron chi connectivity index (χ3n) is 11.9. The normalized spacial score (nSPS) is 11.9. The van der Waals surface area contributed by atoms with Crippen LogP contribution in [0.4, 0.5) is 0 Å². The summed E-state index contributed by atoms with van der Waals surface area (Å²) in [4.78, 5) is 0. The molecule has 12 aromatic rings. The monoisotopic (exact) mass is 710 g/mol. The Labute approximate surface area is 323 Å². The van der Waals surface area contributed by atoms with Crippen molar-refractivity contribution in [3.8, 4) is 33.6 Å². The van der Waals surface area contributed by atoms with Crippen molar-refractivity contribution in [1.29, 1.82) is 0 Å². The predicted molar refractivity (Wildman–Crippen MR) is 239 cm³/mol. The Bertz CT molecular complexity index is 3180. The zero-order valence-electron chi connectivity index (χ0n) is 30.5. The van der Waals surface area contributed by atoms with Gasteiger partial charge in [0.2, 0.25) is 0 Å². The van der Waals surface area contributed by atoms with Gasteiger partial charge in [-0.2, -0.15) is 0 Å².